The molecule has 0 aliphatic rings. The van der Waals surface area contributed by atoms with Gasteiger partial charge in [-0.25, -0.2) is 0 Å². The lowest BCUT2D eigenvalue weighted by Gasteiger charge is -2.08. The number of hydrogen-bond donors (Lipinski definition) is 2. The fourth-order valence-corrected chi connectivity index (χ4v) is 1.28. The molecule has 0 fully saturated rings. The van der Waals surface area contributed by atoms with E-state index in [0.29, 0.717) is 0 Å². The average molecular weight is 183 g/mol. The lowest BCUT2D eigenvalue weighted by atomic mass is 10.2. The highest BCUT2D eigenvalue weighted by Gasteiger charge is 2.03. The molecule has 0 radical (unpaired) electrons. The van der Waals surface area contributed by atoms with Gasteiger partial charge >= 0.3 is 0 Å². The second-order valence-electron chi connectivity index (χ2n) is 3.38. The summed E-state index contributed by atoms with van der Waals surface area (Å²) in [5.74, 6) is 0. The van der Waals surface area contributed by atoms with Crippen molar-refractivity contribution in [1.29, 1.82) is 0 Å². The number of rotatable bonds is 4. The normalized spacial score (nSPS) is 13.2. The number of aliphatic hydroxyl groups excluding tert-OH is 1. The molecule has 1 aromatic rings. The summed E-state index contributed by atoms with van der Waals surface area (Å²) < 4.78 is 1.92. The summed E-state index contributed by atoms with van der Waals surface area (Å²) in [6.07, 6.45) is 0.762. The molecule has 0 spiro atoms. The van der Waals surface area contributed by atoms with Gasteiger partial charge in [0.15, 0.2) is 0 Å². The molecule has 0 saturated carbocycles. The molecule has 0 amide bonds. The maximum absolute atomic E-state index is 8.73. The number of aromatic nitrogens is 2. The first-order valence-electron chi connectivity index (χ1n) is 4.51. The van der Waals surface area contributed by atoms with Crippen LogP contribution < -0.4 is 5.73 Å². The molecule has 1 rings (SSSR count). The summed E-state index contributed by atoms with van der Waals surface area (Å²) in [5.41, 5.74) is 7.75. The largest absolute Gasteiger partial charge is 0.395 e. The Balaban J connectivity index is 2.49. The van der Waals surface area contributed by atoms with Crippen molar-refractivity contribution in [2.75, 3.05) is 6.61 Å². The summed E-state index contributed by atoms with van der Waals surface area (Å²) in [4.78, 5) is 0. The number of aryl methyl sites for hydroxylation is 3. The molecule has 4 heteroatoms. The zero-order valence-electron chi connectivity index (χ0n) is 8.20. The minimum Gasteiger partial charge on any atom is -0.395 e. The molecule has 74 valence electrons. The van der Waals surface area contributed by atoms with Crippen LogP contribution in [-0.2, 0) is 6.54 Å². The van der Waals surface area contributed by atoms with Crippen molar-refractivity contribution in [3.8, 4) is 0 Å². The standard InChI is InChI=1S/C9H17N3O/c1-7-5-8(2)12(11-7)4-3-9(10)6-13/h5,9,13H,3-4,6,10H2,1-2H3. The maximum Gasteiger partial charge on any atom is 0.0596 e. The summed E-state index contributed by atoms with van der Waals surface area (Å²) in [5, 5.41) is 13.0. The van der Waals surface area contributed by atoms with E-state index in [2.05, 4.69) is 5.10 Å². The smallest absolute Gasteiger partial charge is 0.0596 e. The van der Waals surface area contributed by atoms with Crippen LogP contribution in [0.2, 0.25) is 0 Å². The van der Waals surface area contributed by atoms with Crippen molar-refractivity contribution < 1.29 is 5.11 Å². The molecule has 1 unspecified atom stereocenters. The van der Waals surface area contributed by atoms with Crippen LogP contribution in [0.15, 0.2) is 6.07 Å². The van der Waals surface area contributed by atoms with Gasteiger partial charge in [-0.3, -0.25) is 4.68 Å². The molecule has 0 aliphatic carbocycles. The number of nitrogens with two attached hydrogens (primary N) is 1. The molecule has 0 bridgehead atoms. The lowest BCUT2D eigenvalue weighted by molar-refractivity contribution is 0.254. The first-order chi connectivity index (χ1) is 6.13. The van der Waals surface area contributed by atoms with Gasteiger partial charge in [0.25, 0.3) is 0 Å². The predicted octanol–water partition coefficient (Wildman–Crippen LogP) is 0.210. The Labute approximate surface area is 78.4 Å². The number of nitrogens with zero attached hydrogens (tertiary/aromatic N) is 2. The fraction of sp³-hybridized carbons (Fsp3) is 0.667. The molecule has 0 aliphatic heterocycles. The Hall–Kier alpha value is -0.870. The minimum absolute atomic E-state index is 0.0410. The van der Waals surface area contributed by atoms with Crippen molar-refractivity contribution in [1.82, 2.24) is 9.78 Å². The Kier molecular flexibility index (Phi) is 3.45. The third-order valence-corrected chi connectivity index (χ3v) is 2.05. The number of aliphatic hydroxyl groups is 1. The number of hydrogen-bond acceptors (Lipinski definition) is 3. The second-order valence-corrected chi connectivity index (χ2v) is 3.38. The molecular formula is C9H17N3O. The molecular weight excluding hydrogens is 166 g/mol. The molecule has 1 atom stereocenters. The average Bonchev–Trinajstić information content (AvgIpc) is 2.41. The van der Waals surface area contributed by atoms with Gasteiger partial charge in [-0.05, 0) is 26.3 Å². The topological polar surface area (TPSA) is 64.1 Å². The first-order valence-corrected chi connectivity index (χ1v) is 4.51. The van der Waals surface area contributed by atoms with Crippen molar-refractivity contribution in [3.05, 3.63) is 17.5 Å². The van der Waals surface area contributed by atoms with Crippen LogP contribution in [0, 0.1) is 13.8 Å². The highest BCUT2D eigenvalue weighted by Crippen LogP contribution is 2.03. The zero-order valence-corrected chi connectivity index (χ0v) is 8.20. The summed E-state index contributed by atoms with van der Waals surface area (Å²) in [6.45, 7) is 4.81. The highest BCUT2D eigenvalue weighted by molar-refractivity contribution is 5.06. The Bertz CT molecular complexity index is 270. The Morgan fingerprint density at radius 2 is 2.31 bits per heavy atom. The molecule has 0 aromatic carbocycles. The van der Waals surface area contributed by atoms with E-state index in [9.17, 15) is 0 Å². The summed E-state index contributed by atoms with van der Waals surface area (Å²) in [7, 11) is 0. The summed E-state index contributed by atoms with van der Waals surface area (Å²) in [6, 6.07) is 1.90. The van der Waals surface area contributed by atoms with Gasteiger partial charge in [-0.1, -0.05) is 0 Å². The maximum atomic E-state index is 8.73. The van der Waals surface area contributed by atoms with Crippen molar-refractivity contribution >= 4 is 0 Å². The predicted molar refractivity (Wildman–Crippen MR) is 51.4 cm³/mol. The zero-order chi connectivity index (χ0) is 9.84. The molecule has 0 saturated heterocycles. The van der Waals surface area contributed by atoms with Gasteiger partial charge in [0.05, 0.1) is 12.3 Å². The molecule has 1 heterocycles. The van der Waals surface area contributed by atoms with E-state index in [4.69, 9.17) is 10.8 Å². The van der Waals surface area contributed by atoms with Gasteiger partial charge in [0, 0.05) is 18.3 Å². The van der Waals surface area contributed by atoms with Crippen LogP contribution in [0.5, 0.6) is 0 Å². The summed E-state index contributed by atoms with van der Waals surface area (Å²) >= 11 is 0. The highest BCUT2D eigenvalue weighted by atomic mass is 16.3. The van der Waals surface area contributed by atoms with E-state index < -0.39 is 0 Å². The van der Waals surface area contributed by atoms with Crippen LogP contribution in [0.4, 0.5) is 0 Å². The minimum atomic E-state index is -0.135. The lowest BCUT2D eigenvalue weighted by Crippen LogP contribution is -2.26. The van der Waals surface area contributed by atoms with Gasteiger partial charge in [0.1, 0.15) is 0 Å². The monoisotopic (exact) mass is 183 g/mol. The van der Waals surface area contributed by atoms with Crippen molar-refractivity contribution in [2.24, 2.45) is 5.73 Å². The molecule has 3 N–H and O–H groups in total. The van der Waals surface area contributed by atoms with E-state index in [1.807, 2.05) is 24.6 Å². The van der Waals surface area contributed by atoms with Gasteiger partial charge < -0.3 is 10.8 Å². The van der Waals surface area contributed by atoms with Crippen LogP contribution in [0.25, 0.3) is 0 Å². The van der Waals surface area contributed by atoms with Crippen LogP contribution in [0.3, 0.4) is 0 Å². The quantitative estimate of drug-likeness (QED) is 0.701. The fourth-order valence-electron chi connectivity index (χ4n) is 1.28. The molecule has 1 aromatic heterocycles. The second kappa shape index (κ2) is 4.39. The van der Waals surface area contributed by atoms with Crippen molar-refractivity contribution in [2.45, 2.75) is 32.9 Å². The van der Waals surface area contributed by atoms with Gasteiger partial charge in [0.2, 0.25) is 0 Å². The van der Waals surface area contributed by atoms with Crippen LogP contribution >= 0.6 is 0 Å². The van der Waals surface area contributed by atoms with E-state index in [-0.39, 0.29) is 12.6 Å². The van der Waals surface area contributed by atoms with Crippen LogP contribution in [0.1, 0.15) is 17.8 Å². The van der Waals surface area contributed by atoms with Crippen molar-refractivity contribution in [3.63, 3.8) is 0 Å². The van der Waals surface area contributed by atoms with E-state index in [1.54, 1.807) is 0 Å². The van der Waals surface area contributed by atoms with Gasteiger partial charge in [-0.2, -0.15) is 5.10 Å². The van der Waals surface area contributed by atoms with Crippen LogP contribution in [-0.4, -0.2) is 27.5 Å². The SMILES string of the molecule is Cc1cc(C)n(CCC(N)CO)n1. The third kappa shape index (κ3) is 2.82. The Morgan fingerprint density at radius 1 is 1.62 bits per heavy atom. The Morgan fingerprint density at radius 3 is 2.77 bits per heavy atom. The van der Waals surface area contributed by atoms with E-state index in [1.165, 1.54) is 0 Å². The molecule has 4 nitrogen and oxygen atoms in total. The van der Waals surface area contributed by atoms with E-state index >= 15 is 0 Å². The van der Waals surface area contributed by atoms with E-state index in [0.717, 1.165) is 24.4 Å². The molecule has 13 heavy (non-hydrogen) atoms. The first kappa shape index (κ1) is 10.2. The van der Waals surface area contributed by atoms with Gasteiger partial charge in [-0.15, -0.1) is 0 Å². The third-order valence-electron chi connectivity index (χ3n) is 2.05.